The molecule has 0 bridgehead atoms. The Morgan fingerprint density at radius 3 is 2.73 bits per heavy atom. The first-order chi connectivity index (χ1) is 10.6. The molecule has 0 unspecified atom stereocenters. The standard InChI is InChI=1S/C17H20FN3O/c1-21-15-5-3-2-4-14(15)20-16(21)11-19-17(22)10-12-6-8-13(18)9-7-12/h6-9H,2-5,10-11H2,1H3,(H,19,22). The van der Waals surface area contributed by atoms with Crippen molar-refractivity contribution in [3.8, 4) is 0 Å². The van der Waals surface area contributed by atoms with Gasteiger partial charge in [-0.2, -0.15) is 0 Å². The van der Waals surface area contributed by atoms with E-state index in [1.165, 1.54) is 36.4 Å². The Hall–Kier alpha value is -2.17. The lowest BCUT2D eigenvalue weighted by Crippen LogP contribution is -2.26. The smallest absolute Gasteiger partial charge is 0.224 e. The SMILES string of the molecule is Cn1c(CNC(=O)Cc2ccc(F)cc2)nc2c1CCCC2. The highest BCUT2D eigenvalue weighted by Crippen LogP contribution is 2.21. The summed E-state index contributed by atoms with van der Waals surface area (Å²) in [5.41, 5.74) is 3.28. The van der Waals surface area contributed by atoms with Gasteiger partial charge in [-0.1, -0.05) is 12.1 Å². The maximum absolute atomic E-state index is 12.8. The molecule has 5 heteroatoms. The molecule has 22 heavy (non-hydrogen) atoms. The summed E-state index contributed by atoms with van der Waals surface area (Å²) in [6.07, 6.45) is 4.77. The predicted octanol–water partition coefficient (Wildman–Crippen LogP) is 2.30. The predicted molar refractivity (Wildman–Crippen MR) is 81.8 cm³/mol. The minimum Gasteiger partial charge on any atom is -0.349 e. The van der Waals surface area contributed by atoms with Gasteiger partial charge in [0.1, 0.15) is 11.6 Å². The fraction of sp³-hybridized carbons (Fsp3) is 0.412. The molecule has 116 valence electrons. The average molecular weight is 301 g/mol. The van der Waals surface area contributed by atoms with Crippen LogP contribution in [-0.4, -0.2) is 15.5 Å². The summed E-state index contributed by atoms with van der Waals surface area (Å²) in [7, 11) is 2.01. The zero-order chi connectivity index (χ0) is 15.5. The summed E-state index contributed by atoms with van der Waals surface area (Å²) in [6.45, 7) is 0.434. The monoisotopic (exact) mass is 301 g/mol. The van der Waals surface area contributed by atoms with Crippen molar-refractivity contribution in [2.75, 3.05) is 0 Å². The minimum atomic E-state index is -0.289. The highest BCUT2D eigenvalue weighted by atomic mass is 19.1. The van der Waals surface area contributed by atoms with Gasteiger partial charge >= 0.3 is 0 Å². The van der Waals surface area contributed by atoms with Crippen LogP contribution in [0.25, 0.3) is 0 Å². The molecule has 0 aliphatic heterocycles. The second-order valence-corrected chi connectivity index (χ2v) is 5.77. The van der Waals surface area contributed by atoms with Gasteiger partial charge in [-0.15, -0.1) is 0 Å². The molecule has 0 radical (unpaired) electrons. The first kappa shape index (κ1) is 14.8. The van der Waals surface area contributed by atoms with Crippen molar-refractivity contribution < 1.29 is 9.18 Å². The van der Waals surface area contributed by atoms with Crippen molar-refractivity contribution in [3.05, 3.63) is 52.9 Å². The van der Waals surface area contributed by atoms with Gasteiger partial charge in [0.15, 0.2) is 0 Å². The highest BCUT2D eigenvalue weighted by Gasteiger charge is 2.17. The Bertz CT molecular complexity index is 676. The average Bonchev–Trinajstić information content (AvgIpc) is 2.84. The van der Waals surface area contributed by atoms with E-state index in [2.05, 4.69) is 14.9 Å². The number of aromatic nitrogens is 2. The molecule has 0 saturated carbocycles. The molecule has 1 amide bonds. The topological polar surface area (TPSA) is 46.9 Å². The Morgan fingerprint density at radius 1 is 1.27 bits per heavy atom. The van der Waals surface area contributed by atoms with Gasteiger partial charge in [-0.3, -0.25) is 4.79 Å². The molecule has 0 spiro atoms. The number of nitrogens with zero attached hydrogens (tertiary/aromatic N) is 2. The Balaban J connectivity index is 1.59. The second-order valence-electron chi connectivity index (χ2n) is 5.77. The Labute approximate surface area is 129 Å². The van der Waals surface area contributed by atoms with Crippen molar-refractivity contribution >= 4 is 5.91 Å². The largest absolute Gasteiger partial charge is 0.349 e. The van der Waals surface area contributed by atoms with Gasteiger partial charge in [0.2, 0.25) is 5.91 Å². The van der Waals surface area contributed by atoms with Gasteiger partial charge in [0, 0.05) is 12.7 Å². The third kappa shape index (κ3) is 3.18. The number of hydrogen-bond donors (Lipinski definition) is 1. The summed E-state index contributed by atoms with van der Waals surface area (Å²) < 4.78 is 14.9. The van der Waals surface area contributed by atoms with Crippen LogP contribution in [0.5, 0.6) is 0 Å². The Morgan fingerprint density at radius 2 is 2.00 bits per heavy atom. The van der Waals surface area contributed by atoms with Crippen LogP contribution >= 0.6 is 0 Å². The number of benzene rings is 1. The van der Waals surface area contributed by atoms with E-state index < -0.39 is 0 Å². The molecular formula is C17H20FN3O. The maximum Gasteiger partial charge on any atom is 0.224 e. The number of carbonyl (C=O) groups excluding carboxylic acids is 1. The number of nitrogens with one attached hydrogen (secondary N) is 1. The number of rotatable bonds is 4. The van der Waals surface area contributed by atoms with Crippen molar-refractivity contribution in [3.63, 3.8) is 0 Å². The van der Waals surface area contributed by atoms with Crippen LogP contribution in [0.3, 0.4) is 0 Å². The minimum absolute atomic E-state index is 0.0763. The zero-order valence-electron chi connectivity index (χ0n) is 12.7. The van der Waals surface area contributed by atoms with E-state index in [1.807, 2.05) is 7.05 Å². The molecule has 0 atom stereocenters. The third-order valence-electron chi connectivity index (χ3n) is 4.19. The number of aryl methyl sites for hydroxylation is 1. The van der Waals surface area contributed by atoms with Crippen molar-refractivity contribution in [2.24, 2.45) is 7.05 Å². The zero-order valence-corrected chi connectivity index (χ0v) is 12.7. The fourth-order valence-corrected chi connectivity index (χ4v) is 2.93. The van der Waals surface area contributed by atoms with Crippen LogP contribution in [-0.2, 0) is 37.6 Å². The number of halogens is 1. The third-order valence-corrected chi connectivity index (χ3v) is 4.19. The van der Waals surface area contributed by atoms with Gasteiger partial charge in [0.25, 0.3) is 0 Å². The van der Waals surface area contributed by atoms with Crippen LogP contribution in [0.15, 0.2) is 24.3 Å². The number of carbonyl (C=O) groups is 1. The van der Waals surface area contributed by atoms with Crippen molar-refractivity contribution in [1.29, 1.82) is 0 Å². The van der Waals surface area contributed by atoms with Crippen LogP contribution in [0.4, 0.5) is 4.39 Å². The summed E-state index contributed by atoms with van der Waals surface area (Å²) in [5.74, 6) is 0.537. The van der Waals surface area contributed by atoms with E-state index in [1.54, 1.807) is 12.1 Å². The molecule has 1 aromatic heterocycles. The van der Waals surface area contributed by atoms with Crippen molar-refractivity contribution in [2.45, 2.75) is 38.6 Å². The molecule has 0 fully saturated rings. The number of fused-ring (bicyclic) bond motifs is 1. The highest BCUT2D eigenvalue weighted by molar-refractivity contribution is 5.78. The van der Waals surface area contributed by atoms with Crippen LogP contribution < -0.4 is 5.32 Å². The number of amides is 1. The normalized spacial score (nSPS) is 13.7. The van der Waals surface area contributed by atoms with Crippen LogP contribution in [0.2, 0.25) is 0 Å². The molecule has 3 rings (SSSR count). The van der Waals surface area contributed by atoms with E-state index in [-0.39, 0.29) is 18.1 Å². The van der Waals surface area contributed by atoms with Gasteiger partial charge < -0.3 is 9.88 Å². The second kappa shape index (κ2) is 6.30. The molecule has 2 aromatic rings. The Kier molecular flexibility index (Phi) is 4.22. The number of hydrogen-bond acceptors (Lipinski definition) is 2. The summed E-state index contributed by atoms with van der Waals surface area (Å²) >= 11 is 0. The van der Waals surface area contributed by atoms with E-state index in [9.17, 15) is 9.18 Å². The summed E-state index contributed by atoms with van der Waals surface area (Å²) in [4.78, 5) is 16.6. The van der Waals surface area contributed by atoms with Gasteiger partial charge in [0.05, 0.1) is 18.7 Å². The number of imidazole rings is 1. The van der Waals surface area contributed by atoms with E-state index in [0.717, 1.165) is 24.2 Å². The molecule has 0 saturated heterocycles. The van der Waals surface area contributed by atoms with E-state index in [0.29, 0.717) is 6.54 Å². The molecule has 1 aliphatic carbocycles. The first-order valence-corrected chi connectivity index (χ1v) is 7.68. The van der Waals surface area contributed by atoms with E-state index in [4.69, 9.17) is 0 Å². The van der Waals surface area contributed by atoms with Crippen LogP contribution in [0.1, 0.15) is 35.6 Å². The molecule has 1 N–H and O–H groups in total. The van der Waals surface area contributed by atoms with Crippen LogP contribution in [0, 0.1) is 5.82 Å². The quantitative estimate of drug-likeness (QED) is 0.942. The fourth-order valence-electron chi connectivity index (χ4n) is 2.93. The first-order valence-electron chi connectivity index (χ1n) is 7.68. The summed E-state index contributed by atoms with van der Waals surface area (Å²) in [5, 5.41) is 2.90. The van der Waals surface area contributed by atoms with Gasteiger partial charge in [-0.25, -0.2) is 9.37 Å². The molecule has 1 heterocycles. The summed E-state index contributed by atoms with van der Waals surface area (Å²) in [6, 6.07) is 6.01. The van der Waals surface area contributed by atoms with E-state index >= 15 is 0 Å². The van der Waals surface area contributed by atoms with Gasteiger partial charge in [-0.05, 0) is 43.4 Å². The maximum atomic E-state index is 12.8. The molecule has 1 aliphatic rings. The lowest BCUT2D eigenvalue weighted by molar-refractivity contribution is -0.120. The molecule has 4 nitrogen and oxygen atoms in total. The molecule has 1 aromatic carbocycles. The van der Waals surface area contributed by atoms with Crippen molar-refractivity contribution in [1.82, 2.24) is 14.9 Å². The lowest BCUT2D eigenvalue weighted by Gasteiger charge is -2.11. The lowest BCUT2D eigenvalue weighted by atomic mass is 10.0. The molecular weight excluding hydrogens is 281 g/mol.